The molecule has 0 radical (unpaired) electrons. The van der Waals surface area contributed by atoms with E-state index in [-0.39, 0.29) is 17.6 Å². The van der Waals surface area contributed by atoms with Gasteiger partial charge in [-0.3, -0.25) is 14.6 Å². The summed E-state index contributed by atoms with van der Waals surface area (Å²) in [5.41, 5.74) is 2.04. The topological polar surface area (TPSA) is 97.1 Å². The summed E-state index contributed by atoms with van der Waals surface area (Å²) in [4.78, 5) is 42.9. The monoisotopic (exact) mass is 501 g/mol. The van der Waals surface area contributed by atoms with E-state index in [1.807, 2.05) is 50.2 Å². The van der Waals surface area contributed by atoms with Crippen LogP contribution in [0, 0.1) is 0 Å². The highest BCUT2D eigenvalue weighted by atomic mass is 35.5. The van der Waals surface area contributed by atoms with Gasteiger partial charge in [0.2, 0.25) is 5.82 Å². The van der Waals surface area contributed by atoms with Gasteiger partial charge in [-0.2, -0.15) is 0 Å². The number of hydrogen-bond acceptors (Lipinski definition) is 6. The lowest BCUT2D eigenvalue weighted by Crippen LogP contribution is -2.62. The number of benzene rings is 1. The summed E-state index contributed by atoms with van der Waals surface area (Å²) in [5.74, 6) is -0.366. The fourth-order valence-corrected chi connectivity index (χ4v) is 4.51. The molecule has 0 N–H and O–H groups in total. The largest absolute Gasteiger partial charge is 0.333 e. The molecule has 0 spiro atoms. The number of halogens is 1. The van der Waals surface area contributed by atoms with Crippen molar-refractivity contribution in [2.75, 3.05) is 19.6 Å². The van der Waals surface area contributed by atoms with Crippen LogP contribution in [-0.4, -0.2) is 71.5 Å². The number of pyridine rings is 2. The number of hydrogen-bond donors (Lipinski definition) is 0. The molecule has 1 aliphatic heterocycles. The maximum absolute atomic E-state index is 13.3. The fourth-order valence-electron chi connectivity index (χ4n) is 4.33. The van der Waals surface area contributed by atoms with Gasteiger partial charge in [0, 0.05) is 42.6 Å². The summed E-state index contributed by atoms with van der Waals surface area (Å²) in [6.07, 6.45) is 4.88. The average molecular weight is 502 g/mol. The first-order valence-corrected chi connectivity index (χ1v) is 11.9. The highest BCUT2D eigenvalue weighted by molar-refractivity contribution is 6.30. The smallest absolute Gasteiger partial charge is 0.294 e. The third kappa shape index (κ3) is 4.70. The maximum Gasteiger partial charge on any atom is 0.294 e. The standard InChI is InChI=1S/C26H24ClN7O2/c1-26(2)16-32(24(35)22-8-4-7-21(30-22)18-9-11-28-12-10-18)13-14-33(26)25(36)23-29-17-34(31-23)20-6-3-5-19(27)15-20/h3-12,15,17H,13-14,16H2,1-2H3. The predicted octanol–water partition coefficient (Wildman–Crippen LogP) is 3.75. The molecule has 0 unspecified atom stereocenters. The minimum atomic E-state index is -0.630. The summed E-state index contributed by atoms with van der Waals surface area (Å²) >= 11 is 6.07. The Bertz CT molecular complexity index is 1420. The molecule has 0 aliphatic carbocycles. The predicted molar refractivity (Wildman–Crippen MR) is 135 cm³/mol. The van der Waals surface area contributed by atoms with Gasteiger partial charge in [0.1, 0.15) is 12.0 Å². The highest BCUT2D eigenvalue weighted by Crippen LogP contribution is 2.25. The minimum Gasteiger partial charge on any atom is -0.333 e. The molecule has 0 saturated carbocycles. The van der Waals surface area contributed by atoms with Crippen molar-refractivity contribution in [1.29, 1.82) is 0 Å². The van der Waals surface area contributed by atoms with E-state index in [2.05, 4.69) is 20.1 Å². The molecule has 5 rings (SSSR count). The second-order valence-corrected chi connectivity index (χ2v) is 9.57. The van der Waals surface area contributed by atoms with Crippen molar-refractivity contribution in [2.24, 2.45) is 0 Å². The van der Waals surface area contributed by atoms with Crippen molar-refractivity contribution in [1.82, 2.24) is 34.5 Å². The second kappa shape index (κ2) is 9.50. The first kappa shape index (κ1) is 23.6. The number of carbonyl (C=O) groups excluding carboxylic acids is 2. The summed E-state index contributed by atoms with van der Waals surface area (Å²) < 4.78 is 1.52. The molecule has 1 fully saturated rings. The molecule has 4 heterocycles. The number of nitrogens with zero attached hydrogens (tertiary/aromatic N) is 7. The molecular weight excluding hydrogens is 478 g/mol. The summed E-state index contributed by atoms with van der Waals surface area (Å²) in [5, 5.41) is 4.93. The summed E-state index contributed by atoms with van der Waals surface area (Å²) in [6, 6.07) is 16.3. The lowest BCUT2D eigenvalue weighted by atomic mass is 9.98. The van der Waals surface area contributed by atoms with Gasteiger partial charge in [-0.25, -0.2) is 14.6 Å². The van der Waals surface area contributed by atoms with E-state index < -0.39 is 5.54 Å². The van der Waals surface area contributed by atoms with E-state index in [1.54, 1.807) is 40.4 Å². The Morgan fingerprint density at radius 2 is 1.75 bits per heavy atom. The van der Waals surface area contributed by atoms with E-state index in [1.165, 1.54) is 11.0 Å². The van der Waals surface area contributed by atoms with E-state index in [9.17, 15) is 9.59 Å². The summed E-state index contributed by atoms with van der Waals surface area (Å²) in [6.45, 7) is 4.95. The molecule has 9 nitrogen and oxygen atoms in total. The molecule has 4 aromatic rings. The molecule has 1 aliphatic rings. The van der Waals surface area contributed by atoms with Crippen LogP contribution in [0.3, 0.4) is 0 Å². The molecule has 36 heavy (non-hydrogen) atoms. The van der Waals surface area contributed by atoms with E-state index >= 15 is 0 Å². The lowest BCUT2D eigenvalue weighted by molar-refractivity contribution is 0.0158. The third-order valence-electron chi connectivity index (χ3n) is 6.13. The first-order valence-electron chi connectivity index (χ1n) is 11.5. The van der Waals surface area contributed by atoms with Crippen molar-refractivity contribution in [3.8, 4) is 16.9 Å². The van der Waals surface area contributed by atoms with Gasteiger partial charge in [-0.15, -0.1) is 5.10 Å². The molecule has 1 aromatic carbocycles. The Balaban J connectivity index is 1.31. The molecule has 10 heteroatoms. The van der Waals surface area contributed by atoms with Gasteiger partial charge in [0.15, 0.2) is 0 Å². The van der Waals surface area contributed by atoms with Crippen molar-refractivity contribution in [3.05, 3.63) is 89.9 Å². The Morgan fingerprint density at radius 3 is 2.50 bits per heavy atom. The molecule has 0 bridgehead atoms. The van der Waals surface area contributed by atoms with Crippen LogP contribution in [-0.2, 0) is 0 Å². The Labute approximate surface area is 213 Å². The normalized spacial score (nSPS) is 15.1. The van der Waals surface area contributed by atoms with Gasteiger partial charge in [0.25, 0.3) is 11.8 Å². The van der Waals surface area contributed by atoms with Crippen LogP contribution in [0.25, 0.3) is 16.9 Å². The van der Waals surface area contributed by atoms with Crippen LogP contribution in [0.1, 0.15) is 35.0 Å². The average Bonchev–Trinajstić information content (AvgIpc) is 3.38. The van der Waals surface area contributed by atoms with Crippen LogP contribution >= 0.6 is 11.6 Å². The van der Waals surface area contributed by atoms with E-state index in [4.69, 9.17) is 11.6 Å². The minimum absolute atomic E-state index is 0.0922. The van der Waals surface area contributed by atoms with Crippen LogP contribution in [0.15, 0.2) is 73.3 Å². The molecular formula is C26H24ClN7O2. The SMILES string of the molecule is CC1(C)CN(C(=O)c2cccc(-c3ccncc3)n2)CCN1C(=O)c1ncn(-c2cccc(Cl)c2)n1. The fraction of sp³-hybridized carbons (Fsp3) is 0.231. The Hall–Kier alpha value is -4.11. The van der Waals surface area contributed by atoms with Crippen LogP contribution in [0.5, 0.6) is 0 Å². The van der Waals surface area contributed by atoms with E-state index in [0.29, 0.717) is 41.7 Å². The zero-order chi connectivity index (χ0) is 25.3. The van der Waals surface area contributed by atoms with Gasteiger partial charge in [-0.1, -0.05) is 23.7 Å². The first-order chi connectivity index (χ1) is 17.3. The molecule has 0 atom stereocenters. The summed E-state index contributed by atoms with van der Waals surface area (Å²) in [7, 11) is 0. The Kier molecular flexibility index (Phi) is 6.24. The van der Waals surface area contributed by atoms with Crippen molar-refractivity contribution in [2.45, 2.75) is 19.4 Å². The number of rotatable bonds is 4. The number of carbonyl (C=O) groups is 2. The van der Waals surface area contributed by atoms with Crippen LogP contribution < -0.4 is 0 Å². The molecule has 1 saturated heterocycles. The highest BCUT2D eigenvalue weighted by Gasteiger charge is 2.40. The maximum atomic E-state index is 13.3. The lowest BCUT2D eigenvalue weighted by Gasteiger charge is -2.46. The van der Waals surface area contributed by atoms with Crippen LogP contribution in [0.4, 0.5) is 0 Å². The van der Waals surface area contributed by atoms with Gasteiger partial charge >= 0.3 is 0 Å². The Morgan fingerprint density at radius 1 is 0.972 bits per heavy atom. The van der Waals surface area contributed by atoms with E-state index in [0.717, 1.165) is 5.56 Å². The van der Waals surface area contributed by atoms with Crippen molar-refractivity contribution in [3.63, 3.8) is 0 Å². The van der Waals surface area contributed by atoms with Gasteiger partial charge in [0.05, 0.1) is 16.9 Å². The quantitative estimate of drug-likeness (QED) is 0.422. The third-order valence-corrected chi connectivity index (χ3v) is 6.37. The van der Waals surface area contributed by atoms with Crippen molar-refractivity contribution < 1.29 is 9.59 Å². The van der Waals surface area contributed by atoms with Crippen molar-refractivity contribution >= 4 is 23.4 Å². The van der Waals surface area contributed by atoms with Gasteiger partial charge < -0.3 is 9.80 Å². The molecule has 182 valence electrons. The zero-order valence-corrected chi connectivity index (χ0v) is 20.6. The van der Waals surface area contributed by atoms with Crippen LogP contribution in [0.2, 0.25) is 5.02 Å². The molecule has 3 aromatic heterocycles. The zero-order valence-electron chi connectivity index (χ0n) is 19.9. The van der Waals surface area contributed by atoms with Gasteiger partial charge in [-0.05, 0) is 56.3 Å². The number of aromatic nitrogens is 5. The number of piperazine rings is 1. The number of amides is 2. The second-order valence-electron chi connectivity index (χ2n) is 9.13. The molecule has 2 amide bonds.